The molecule has 41 heavy (non-hydrogen) atoms. The maximum atomic E-state index is 12.7. The Morgan fingerprint density at radius 3 is 2.39 bits per heavy atom. The third kappa shape index (κ3) is 6.47. The van der Waals surface area contributed by atoms with Gasteiger partial charge in [0, 0.05) is 28.5 Å². The average Bonchev–Trinajstić information content (AvgIpc) is 3.65. The van der Waals surface area contributed by atoms with E-state index in [4.69, 9.17) is 18.6 Å². The number of oxazole rings is 1. The Morgan fingerprint density at radius 2 is 1.66 bits per heavy atom. The maximum Gasteiger partial charge on any atom is 0.313 e. The Balaban J connectivity index is 1.15. The second-order valence-electron chi connectivity index (χ2n) is 9.97. The summed E-state index contributed by atoms with van der Waals surface area (Å²) < 4.78 is 21.3. The Morgan fingerprint density at radius 1 is 0.902 bits per heavy atom. The van der Waals surface area contributed by atoms with E-state index in [1.807, 2.05) is 26.0 Å². The van der Waals surface area contributed by atoms with E-state index in [1.165, 1.54) is 13.5 Å². The van der Waals surface area contributed by atoms with Gasteiger partial charge in [-0.15, -0.1) is 0 Å². The molecule has 1 aromatic heterocycles. The van der Waals surface area contributed by atoms with Crippen LogP contribution in [0.1, 0.15) is 29.8 Å². The molecule has 3 aromatic carbocycles. The number of carbonyl (C=O) groups is 3. The zero-order chi connectivity index (χ0) is 29.0. The normalized spacial score (nSPS) is 12.0. The molecule has 1 aliphatic rings. The number of aromatic nitrogens is 1. The lowest BCUT2D eigenvalue weighted by Gasteiger charge is -2.26. The van der Waals surface area contributed by atoms with E-state index in [0.29, 0.717) is 51.9 Å². The quantitative estimate of drug-likeness (QED) is 0.271. The maximum absolute atomic E-state index is 12.7. The lowest BCUT2D eigenvalue weighted by atomic mass is 9.94. The summed E-state index contributed by atoms with van der Waals surface area (Å²) in [5, 5.41) is 8.23. The summed E-state index contributed by atoms with van der Waals surface area (Å²) in [5.74, 6) is 0.243. The number of rotatable bonds is 8. The number of fused-ring (bicyclic) bond motifs is 1. The molecular formula is C30H28N4O7. The van der Waals surface area contributed by atoms with Crippen molar-refractivity contribution in [3.05, 3.63) is 84.4 Å². The van der Waals surface area contributed by atoms with Crippen LogP contribution in [0.5, 0.6) is 17.2 Å². The first-order chi connectivity index (χ1) is 19.7. The van der Waals surface area contributed by atoms with E-state index in [1.54, 1.807) is 54.7 Å². The number of hydrogen-bond acceptors (Lipinski definition) is 8. The van der Waals surface area contributed by atoms with E-state index >= 15 is 0 Å². The summed E-state index contributed by atoms with van der Waals surface area (Å²) in [7, 11) is 1.50. The number of nitrogens with zero attached hydrogens (tertiary/aromatic N) is 1. The van der Waals surface area contributed by atoms with Crippen molar-refractivity contribution >= 4 is 29.1 Å². The van der Waals surface area contributed by atoms with Crippen LogP contribution in [-0.2, 0) is 16.0 Å². The van der Waals surface area contributed by atoms with Gasteiger partial charge in [-0.3, -0.25) is 14.4 Å². The summed E-state index contributed by atoms with van der Waals surface area (Å²) in [6.45, 7) is 3.78. The molecule has 11 heteroatoms. The van der Waals surface area contributed by atoms with Crippen molar-refractivity contribution in [1.82, 2.24) is 10.3 Å². The van der Waals surface area contributed by atoms with Gasteiger partial charge in [-0.1, -0.05) is 12.1 Å². The number of carbonyl (C=O) groups excluding carboxylic acids is 3. The molecule has 210 valence electrons. The Bertz CT molecular complexity index is 1580. The zero-order valence-corrected chi connectivity index (χ0v) is 22.6. The van der Waals surface area contributed by atoms with Crippen LogP contribution in [0.2, 0.25) is 0 Å². The fourth-order valence-corrected chi connectivity index (χ4v) is 4.37. The molecule has 2 heterocycles. The molecule has 3 amide bonds. The molecule has 0 saturated heterocycles. The van der Waals surface area contributed by atoms with Crippen molar-refractivity contribution in [2.45, 2.75) is 25.8 Å². The first-order valence-electron chi connectivity index (χ1n) is 12.7. The van der Waals surface area contributed by atoms with Crippen LogP contribution in [0.4, 0.5) is 11.4 Å². The van der Waals surface area contributed by atoms with Crippen molar-refractivity contribution in [1.29, 1.82) is 0 Å². The van der Waals surface area contributed by atoms with Gasteiger partial charge in [0.2, 0.25) is 6.79 Å². The van der Waals surface area contributed by atoms with Crippen LogP contribution in [0.25, 0.3) is 11.3 Å². The molecule has 0 fully saturated rings. The summed E-state index contributed by atoms with van der Waals surface area (Å²) in [6, 6.07) is 17.2. The second kappa shape index (κ2) is 11.4. The molecule has 0 unspecified atom stereocenters. The molecule has 0 aliphatic carbocycles. The molecule has 0 saturated carbocycles. The van der Waals surface area contributed by atoms with Crippen LogP contribution < -0.4 is 30.2 Å². The van der Waals surface area contributed by atoms with Crippen molar-refractivity contribution in [2.75, 3.05) is 24.5 Å². The lowest BCUT2D eigenvalue weighted by molar-refractivity contribution is -0.137. The van der Waals surface area contributed by atoms with Crippen LogP contribution in [0, 0.1) is 0 Å². The molecule has 11 nitrogen and oxygen atoms in total. The zero-order valence-electron chi connectivity index (χ0n) is 22.6. The highest BCUT2D eigenvalue weighted by molar-refractivity contribution is 6.39. The largest absolute Gasteiger partial charge is 0.496 e. The molecule has 5 rings (SSSR count). The standard InChI is InChI=1S/C30H28N4O7/c1-30(2,34-29(37)28(36)33-21-9-10-22(24(13-21)38-3)26-15-31-16-39-26)14-18-4-7-20(8-5-18)32-27(35)19-6-11-23-25(12-19)41-17-40-23/h4-13,15-16H,14,17H2,1-3H3,(H,32,35)(H,33,36)(H,34,37). The summed E-state index contributed by atoms with van der Waals surface area (Å²) >= 11 is 0. The van der Waals surface area contributed by atoms with Gasteiger partial charge in [0.05, 0.1) is 18.9 Å². The van der Waals surface area contributed by atoms with E-state index in [9.17, 15) is 14.4 Å². The average molecular weight is 557 g/mol. The number of benzene rings is 3. The van der Waals surface area contributed by atoms with Crippen molar-refractivity contribution in [3.63, 3.8) is 0 Å². The van der Waals surface area contributed by atoms with E-state index < -0.39 is 17.4 Å². The van der Waals surface area contributed by atoms with Gasteiger partial charge in [0.1, 0.15) is 5.75 Å². The summed E-state index contributed by atoms with van der Waals surface area (Å²) in [5.41, 5.74) is 2.28. The number of methoxy groups -OCH3 is 1. The fourth-order valence-electron chi connectivity index (χ4n) is 4.37. The van der Waals surface area contributed by atoms with Crippen LogP contribution in [-0.4, -0.2) is 42.1 Å². The van der Waals surface area contributed by atoms with Gasteiger partial charge >= 0.3 is 11.8 Å². The summed E-state index contributed by atoms with van der Waals surface area (Å²) in [6.07, 6.45) is 3.31. The number of amides is 3. The predicted octanol–water partition coefficient (Wildman–Crippen LogP) is 4.41. The Labute approximate surface area is 235 Å². The molecule has 0 radical (unpaired) electrons. The van der Waals surface area contributed by atoms with Gasteiger partial charge in [-0.05, 0) is 68.3 Å². The highest BCUT2D eigenvalue weighted by Gasteiger charge is 2.25. The first kappa shape index (κ1) is 27.3. The number of ether oxygens (including phenoxy) is 3. The number of hydrogen-bond donors (Lipinski definition) is 3. The molecule has 3 N–H and O–H groups in total. The molecular weight excluding hydrogens is 528 g/mol. The molecule has 4 aromatic rings. The van der Waals surface area contributed by atoms with Crippen LogP contribution >= 0.6 is 0 Å². The SMILES string of the molecule is COc1cc(NC(=O)C(=O)NC(C)(C)Cc2ccc(NC(=O)c3ccc4c(c3)OCO4)cc2)ccc1-c1cnco1. The first-order valence-corrected chi connectivity index (χ1v) is 12.7. The van der Waals surface area contributed by atoms with Crippen LogP contribution in [0.15, 0.2) is 77.7 Å². The van der Waals surface area contributed by atoms with Gasteiger partial charge in [0.15, 0.2) is 23.7 Å². The minimum Gasteiger partial charge on any atom is -0.496 e. The molecule has 1 aliphatic heterocycles. The van der Waals surface area contributed by atoms with Crippen molar-refractivity contribution in [3.8, 4) is 28.6 Å². The minimum atomic E-state index is -0.811. The molecule has 0 spiro atoms. The lowest BCUT2D eigenvalue weighted by Crippen LogP contribution is -2.49. The highest BCUT2D eigenvalue weighted by atomic mass is 16.7. The van der Waals surface area contributed by atoms with Crippen molar-refractivity contribution < 1.29 is 33.0 Å². The Hall–Kier alpha value is -5.32. The van der Waals surface area contributed by atoms with Crippen molar-refractivity contribution in [2.24, 2.45) is 0 Å². The number of nitrogens with one attached hydrogen (secondary N) is 3. The van der Waals surface area contributed by atoms with E-state index in [0.717, 1.165) is 5.56 Å². The summed E-state index contributed by atoms with van der Waals surface area (Å²) in [4.78, 5) is 41.9. The van der Waals surface area contributed by atoms with Gasteiger partial charge in [-0.2, -0.15) is 0 Å². The minimum absolute atomic E-state index is 0.137. The predicted molar refractivity (Wildman–Crippen MR) is 150 cm³/mol. The third-order valence-corrected chi connectivity index (χ3v) is 6.31. The third-order valence-electron chi connectivity index (χ3n) is 6.31. The van der Waals surface area contributed by atoms with Gasteiger partial charge in [-0.25, -0.2) is 4.98 Å². The topological polar surface area (TPSA) is 141 Å². The smallest absolute Gasteiger partial charge is 0.313 e. The van der Waals surface area contributed by atoms with Gasteiger partial charge in [0.25, 0.3) is 5.91 Å². The van der Waals surface area contributed by atoms with E-state index in [-0.39, 0.29) is 12.7 Å². The van der Waals surface area contributed by atoms with E-state index in [2.05, 4.69) is 20.9 Å². The van der Waals surface area contributed by atoms with Gasteiger partial charge < -0.3 is 34.6 Å². The molecule has 0 atom stereocenters. The molecule has 0 bridgehead atoms. The van der Waals surface area contributed by atoms with Crippen LogP contribution in [0.3, 0.4) is 0 Å². The Kier molecular flexibility index (Phi) is 7.59. The second-order valence-corrected chi connectivity index (χ2v) is 9.97. The highest BCUT2D eigenvalue weighted by Crippen LogP contribution is 2.33. The monoisotopic (exact) mass is 556 g/mol. The fraction of sp³-hybridized carbons (Fsp3) is 0.200. The number of anilines is 2.